The number of nitrogens with zero attached hydrogens (tertiary/aromatic N) is 6. The Morgan fingerprint density at radius 3 is 2.36 bits per heavy atom. The molecule has 2 fully saturated rings. The molecule has 1 aromatic carbocycles. The van der Waals surface area contributed by atoms with Gasteiger partial charge in [0, 0.05) is 56.6 Å². The van der Waals surface area contributed by atoms with Crippen LogP contribution in [0.1, 0.15) is 33.3 Å². The van der Waals surface area contributed by atoms with Crippen LogP contribution in [0, 0.1) is 0 Å². The number of pyridine rings is 1. The van der Waals surface area contributed by atoms with Crippen molar-refractivity contribution in [3.05, 3.63) is 59.2 Å². The Labute approximate surface area is 219 Å². The highest BCUT2D eigenvalue weighted by Crippen LogP contribution is 2.31. The van der Waals surface area contributed by atoms with E-state index in [4.69, 9.17) is 26.3 Å². The lowest BCUT2D eigenvalue weighted by Gasteiger charge is -2.41. The first-order valence-electron chi connectivity index (χ1n) is 12.7. The highest BCUT2D eigenvalue weighted by molar-refractivity contribution is 6.32. The summed E-state index contributed by atoms with van der Waals surface area (Å²) >= 11 is 6.44. The first-order chi connectivity index (χ1) is 17.3. The number of aromatic nitrogens is 3. The minimum atomic E-state index is 0.111. The molecule has 2 aliphatic rings. The summed E-state index contributed by atoms with van der Waals surface area (Å²) < 4.78 is 5.58. The van der Waals surface area contributed by atoms with E-state index in [1.807, 2.05) is 12.1 Å². The highest BCUT2D eigenvalue weighted by Gasteiger charge is 2.28. The van der Waals surface area contributed by atoms with Crippen LogP contribution in [0.2, 0.25) is 5.02 Å². The van der Waals surface area contributed by atoms with Crippen molar-refractivity contribution in [2.75, 3.05) is 60.6 Å². The quantitative estimate of drug-likeness (QED) is 0.491. The fourth-order valence-corrected chi connectivity index (χ4v) is 5.10. The molecule has 0 bridgehead atoms. The maximum absolute atomic E-state index is 6.44. The van der Waals surface area contributed by atoms with Crippen molar-refractivity contribution in [1.29, 1.82) is 0 Å². The molecule has 190 valence electrons. The molecule has 2 aromatic heterocycles. The average molecular weight is 507 g/mol. The third-order valence-electron chi connectivity index (χ3n) is 7.00. The molecule has 0 N–H and O–H groups in total. The van der Waals surface area contributed by atoms with E-state index in [2.05, 4.69) is 77.7 Å². The van der Waals surface area contributed by atoms with Gasteiger partial charge in [0.2, 0.25) is 5.95 Å². The van der Waals surface area contributed by atoms with Gasteiger partial charge in [-0.15, -0.1) is 0 Å². The van der Waals surface area contributed by atoms with Crippen molar-refractivity contribution >= 4 is 29.2 Å². The molecule has 1 unspecified atom stereocenters. The van der Waals surface area contributed by atoms with Gasteiger partial charge in [-0.05, 0) is 30.0 Å². The van der Waals surface area contributed by atoms with Gasteiger partial charge in [0.15, 0.2) is 0 Å². The van der Waals surface area contributed by atoms with Crippen LogP contribution in [0.5, 0.6) is 0 Å². The molecule has 0 saturated carbocycles. The predicted octanol–water partition coefficient (Wildman–Crippen LogP) is 5.04. The third kappa shape index (κ3) is 5.27. The molecule has 0 aliphatic carbocycles. The van der Waals surface area contributed by atoms with E-state index >= 15 is 0 Å². The van der Waals surface area contributed by atoms with Gasteiger partial charge >= 0.3 is 0 Å². The number of ether oxygens (including phenoxy) is 1. The Kier molecular flexibility index (Phi) is 7.04. The zero-order valence-corrected chi connectivity index (χ0v) is 22.4. The number of benzene rings is 1. The largest absolute Gasteiger partial charge is 0.378 e. The molecule has 4 heterocycles. The van der Waals surface area contributed by atoms with Crippen molar-refractivity contribution in [3.8, 4) is 11.3 Å². The van der Waals surface area contributed by atoms with Crippen molar-refractivity contribution in [2.45, 2.75) is 39.2 Å². The van der Waals surface area contributed by atoms with Gasteiger partial charge < -0.3 is 19.4 Å². The van der Waals surface area contributed by atoms with Crippen LogP contribution in [0.3, 0.4) is 0 Å². The second-order valence-electron chi connectivity index (χ2n) is 10.6. The lowest BCUT2D eigenvalue weighted by Crippen LogP contribution is -2.53. The van der Waals surface area contributed by atoms with E-state index in [1.165, 1.54) is 5.56 Å². The molecule has 0 radical (unpaired) electrons. The molecule has 0 amide bonds. The zero-order valence-electron chi connectivity index (χ0n) is 21.6. The molecule has 7 nitrogen and oxygen atoms in total. The van der Waals surface area contributed by atoms with Crippen LogP contribution >= 0.6 is 11.6 Å². The molecule has 1 atom stereocenters. The maximum atomic E-state index is 6.44. The number of piperazine rings is 1. The lowest BCUT2D eigenvalue weighted by molar-refractivity contribution is 0.122. The van der Waals surface area contributed by atoms with E-state index in [-0.39, 0.29) is 11.5 Å². The van der Waals surface area contributed by atoms with Crippen molar-refractivity contribution in [1.82, 2.24) is 15.0 Å². The third-order valence-corrected chi connectivity index (χ3v) is 7.30. The Bertz CT molecular complexity index is 1190. The topological polar surface area (TPSA) is 57.6 Å². The number of hydrogen-bond donors (Lipinski definition) is 0. The highest BCUT2D eigenvalue weighted by atomic mass is 35.5. The fourth-order valence-electron chi connectivity index (χ4n) is 4.86. The van der Waals surface area contributed by atoms with Gasteiger partial charge in [-0.2, -0.15) is 4.98 Å². The number of halogens is 1. The Balaban J connectivity index is 1.46. The summed E-state index contributed by atoms with van der Waals surface area (Å²) in [6.07, 6.45) is 1.80. The number of anilines is 3. The van der Waals surface area contributed by atoms with E-state index < -0.39 is 0 Å². The smallest absolute Gasteiger partial charge is 0.228 e. The minimum Gasteiger partial charge on any atom is -0.378 e. The summed E-state index contributed by atoms with van der Waals surface area (Å²) in [4.78, 5) is 21.5. The van der Waals surface area contributed by atoms with E-state index in [0.29, 0.717) is 18.2 Å². The molecular weight excluding hydrogens is 472 g/mol. The average Bonchev–Trinajstić information content (AvgIpc) is 2.89. The maximum Gasteiger partial charge on any atom is 0.228 e. The van der Waals surface area contributed by atoms with Gasteiger partial charge in [0.25, 0.3) is 0 Å². The molecular formula is C28H35ClN6O. The van der Waals surface area contributed by atoms with Gasteiger partial charge in [0.05, 0.1) is 23.9 Å². The summed E-state index contributed by atoms with van der Waals surface area (Å²) in [5.41, 5.74) is 3.48. The molecule has 36 heavy (non-hydrogen) atoms. The molecule has 3 aromatic rings. The first-order valence-corrected chi connectivity index (χ1v) is 13.1. The Morgan fingerprint density at radius 2 is 1.69 bits per heavy atom. The minimum absolute atomic E-state index is 0.111. The summed E-state index contributed by atoms with van der Waals surface area (Å²) in [6, 6.07) is 14.9. The zero-order chi connectivity index (χ0) is 25.3. The standard InChI is InChI=1S/C28H35ClN6O/c1-20-19-34(26-23(29)6-5-11-30-26)12-13-35(20)25-18-24(21-7-9-22(10-8-21)28(2,3)4)31-27(32-25)33-14-16-36-17-15-33/h5-11,18,20H,12-17,19H2,1-4H3. The second kappa shape index (κ2) is 10.2. The number of hydrogen-bond acceptors (Lipinski definition) is 7. The van der Waals surface area contributed by atoms with Crippen LogP contribution < -0.4 is 14.7 Å². The van der Waals surface area contributed by atoms with Crippen LogP contribution in [-0.2, 0) is 10.2 Å². The van der Waals surface area contributed by atoms with Crippen LogP contribution in [-0.4, -0.2) is 66.9 Å². The van der Waals surface area contributed by atoms with Crippen molar-refractivity contribution < 1.29 is 4.74 Å². The monoisotopic (exact) mass is 506 g/mol. The molecule has 8 heteroatoms. The Hall–Kier alpha value is -2.90. The summed E-state index contributed by atoms with van der Waals surface area (Å²) in [5.74, 6) is 2.58. The van der Waals surface area contributed by atoms with E-state index in [1.54, 1.807) is 6.20 Å². The normalized spacial score (nSPS) is 19.0. The summed E-state index contributed by atoms with van der Waals surface area (Å²) in [6.45, 7) is 14.4. The van der Waals surface area contributed by atoms with Crippen molar-refractivity contribution in [3.63, 3.8) is 0 Å². The predicted molar refractivity (Wildman–Crippen MR) is 147 cm³/mol. The van der Waals surface area contributed by atoms with E-state index in [9.17, 15) is 0 Å². The van der Waals surface area contributed by atoms with E-state index in [0.717, 1.165) is 61.6 Å². The first kappa shape index (κ1) is 24.8. The molecule has 5 rings (SSSR count). The fraction of sp³-hybridized carbons (Fsp3) is 0.464. The molecule has 0 spiro atoms. The lowest BCUT2D eigenvalue weighted by atomic mass is 9.86. The van der Waals surface area contributed by atoms with Crippen LogP contribution in [0.25, 0.3) is 11.3 Å². The van der Waals surface area contributed by atoms with Gasteiger partial charge in [0.1, 0.15) is 11.6 Å². The second-order valence-corrected chi connectivity index (χ2v) is 11.0. The number of morpholine rings is 1. The summed E-state index contributed by atoms with van der Waals surface area (Å²) in [7, 11) is 0. The van der Waals surface area contributed by atoms with Crippen molar-refractivity contribution in [2.24, 2.45) is 0 Å². The Morgan fingerprint density at radius 1 is 0.944 bits per heavy atom. The van der Waals surface area contributed by atoms with Gasteiger partial charge in [-0.25, -0.2) is 9.97 Å². The van der Waals surface area contributed by atoms with Crippen LogP contribution in [0.15, 0.2) is 48.7 Å². The molecule has 2 aliphatic heterocycles. The number of rotatable bonds is 4. The van der Waals surface area contributed by atoms with Gasteiger partial charge in [-0.3, -0.25) is 0 Å². The van der Waals surface area contributed by atoms with Gasteiger partial charge in [-0.1, -0.05) is 56.6 Å². The summed E-state index contributed by atoms with van der Waals surface area (Å²) in [5, 5.41) is 0.691. The SMILES string of the molecule is CC1CN(c2ncccc2Cl)CCN1c1cc(-c2ccc(C(C)(C)C)cc2)nc(N2CCOCC2)n1. The van der Waals surface area contributed by atoms with Crippen LogP contribution in [0.4, 0.5) is 17.6 Å². The molecule has 2 saturated heterocycles.